The molecule has 0 spiro atoms. The van der Waals surface area contributed by atoms with Crippen molar-refractivity contribution in [1.29, 1.82) is 0 Å². The van der Waals surface area contributed by atoms with E-state index >= 15 is 0 Å². The van der Waals surface area contributed by atoms with Crippen molar-refractivity contribution in [2.75, 3.05) is 0 Å². The van der Waals surface area contributed by atoms with Gasteiger partial charge in [-0.15, -0.1) is 0 Å². The van der Waals surface area contributed by atoms with Gasteiger partial charge in [-0.05, 0) is 112 Å². The zero-order valence-electron chi connectivity index (χ0n) is 39.5. The molecule has 0 aliphatic heterocycles. The van der Waals surface area contributed by atoms with Crippen LogP contribution in [0.2, 0.25) is 0 Å². The Morgan fingerprint density at radius 1 is 0.297 bits per heavy atom. The first-order valence-corrected chi connectivity index (χ1v) is 21.8. The molecule has 0 saturated carbocycles. The molecule has 0 radical (unpaired) electrons. The molecule has 0 amide bonds. The largest absolute Gasteiger partial charge is 0.309 e. The Morgan fingerprint density at radius 3 is 1.23 bits per heavy atom. The summed E-state index contributed by atoms with van der Waals surface area (Å²) in [5.41, 5.74) is 15.2. The molecule has 14 rings (SSSR count). The normalized spacial score (nSPS) is 14.2. The van der Waals surface area contributed by atoms with Gasteiger partial charge in [0.15, 0.2) is 0 Å². The second-order valence-electron chi connectivity index (χ2n) is 16.9. The van der Waals surface area contributed by atoms with E-state index in [0.717, 1.165) is 66.0 Å². The van der Waals surface area contributed by atoms with E-state index in [1.54, 1.807) is 0 Å². The van der Waals surface area contributed by atoms with Gasteiger partial charge in [-0.3, -0.25) is 0 Å². The van der Waals surface area contributed by atoms with Crippen LogP contribution in [0, 0.1) is 0 Å². The van der Waals surface area contributed by atoms with Crippen molar-refractivity contribution >= 4 is 65.4 Å². The summed E-state index contributed by atoms with van der Waals surface area (Å²) in [6.07, 6.45) is 0. The number of hydrogen-bond acceptors (Lipinski definition) is 0. The van der Waals surface area contributed by atoms with E-state index in [9.17, 15) is 0 Å². The molecule has 1 aliphatic carbocycles. The maximum Gasteiger partial charge on any atom is 0.0713 e. The van der Waals surface area contributed by atoms with Crippen molar-refractivity contribution in [3.05, 3.63) is 259 Å². The van der Waals surface area contributed by atoms with E-state index in [1.807, 2.05) is 34.9 Å². The highest BCUT2D eigenvalue weighted by Gasteiger charge is 2.46. The number of fused-ring (bicyclic) bond motifs is 12. The van der Waals surface area contributed by atoms with Crippen molar-refractivity contribution in [2.45, 2.75) is 5.41 Å². The number of hydrogen-bond donors (Lipinski definition) is 0. The van der Waals surface area contributed by atoms with Crippen LogP contribution >= 0.6 is 0 Å². The van der Waals surface area contributed by atoms with E-state index in [4.69, 9.17) is 6.85 Å². The summed E-state index contributed by atoms with van der Waals surface area (Å²) < 4.78 is 49.5. The highest BCUT2D eigenvalue weighted by molar-refractivity contribution is 6.14. The van der Waals surface area contributed by atoms with E-state index in [-0.39, 0.29) is 29.9 Å². The summed E-state index contributed by atoms with van der Waals surface area (Å²) in [5, 5.41) is 6.47. The fraction of sp³-hybridized carbons (Fsp3) is 0.0164. The first-order valence-electron chi connectivity index (χ1n) is 24.3. The van der Waals surface area contributed by atoms with E-state index in [1.165, 1.54) is 44.2 Å². The molecule has 0 unspecified atom stereocenters. The number of aromatic nitrogens is 3. The maximum absolute atomic E-state index is 8.89. The van der Waals surface area contributed by atoms with E-state index < -0.39 is 11.5 Å². The lowest BCUT2D eigenvalue weighted by atomic mass is 9.67. The van der Waals surface area contributed by atoms with Crippen LogP contribution in [0.15, 0.2) is 236 Å². The molecule has 13 aromatic rings. The van der Waals surface area contributed by atoms with Gasteiger partial charge in [0, 0.05) is 49.4 Å². The highest BCUT2D eigenvalue weighted by Crippen LogP contribution is 2.56. The number of para-hydroxylation sites is 4. The second kappa shape index (κ2) is 13.3. The number of benzene rings is 10. The predicted molar refractivity (Wildman–Crippen MR) is 267 cm³/mol. The van der Waals surface area contributed by atoms with Crippen molar-refractivity contribution in [3.8, 4) is 28.2 Å². The molecule has 0 N–H and O–H groups in total. The zero-order valence-corrected chi connectivity index (χ0v) is 34.5. The van der Waals surface area contributed by atoms with Crippen molar-refractivity contribution in [3.63, 3.8) is 0 Å². The molecule has 10 aromatic carbocycles. The average Bonchev–Trinajstić information content (AvgIpc) is 4.11. The lowest BCUT2D eigenvalue weighted by Crippen LogP contribution is -2.28. The smallest absolute Gasteiger partial charge is 0.0713 e. The Morgan fingerprint density at radius 2 is 0.703 bits per heavy atom. The van der Waals surface area contributed by atoms with E-state index in [2.05, 4.69) is 185 Å². The molecule has 0 fully saturated rings. The summed E-state index contributed by atoms with van der Waals surface area (Å²) >= 11 is 0. The van der Waals surface area contributed by atoms with Crippen LogP contribution in [-0.4, -0.2) is 13.7 Å². The van der Waals surface area contributed by atoms with E-state index in [0.29, 0.717) is 0 Å². The van der Waals surface area contributed by atoms with Gasteiger partial charge in [0.05, 0.1) is 45.4 Å². The standard InChI is InChI=1S/C61H39N3/c1-3-17-40(18-4-1)61(53-26-12-7-21-45(53)46-22-8-13-27-54(46)61)41-31-34-58-50(37-41)47-23-9-15-29-56(47)63(58)43-33-36-60-52(39-43)49-25-11-16-30-57(49)64(60)44-32-35-59-51(38-44)48-24-10-14-28-55(48)62(59)42-19-5-2-6-20-42/h1-39H/i2D,5D,6D,19D,20D. The number of nitrogens with zero attached hydrogens (tertiary/aromatic N) is 3. The Bertz CT molecular complexity index is 4260. The fourth-order valence-corrected chi connectivity index (χ4v) is 11.3. The Kier molecular flexibility index (Phi) is 6.36. The lowest BCUT2D eigenvalue weighted by Gasteiger charge is -2.34. The first-order chi connectivity index (χ1) is 33.8. The molecule has 0 atom stereocenters. The van der Waals surface area contributed by atoms with Crippen LogP contribution < -0.4 is 0 Å². The third kappa shape index (κ3) is 4.70. The van der Waals surface area contributed by atoms with Crippen LogP contribution in [0.3, 0.4) is 0 Å². The maximum atomic E-state index is 8.89. The third-order valence-corrected chi connectivity index (χ3v) is 13.8. The molecule has 3 heterocycles. The third-order valence-electron chi connectivity index (χ3n) is 13.8. The summed E-state index contributed by atoms with van der Waals surface area (Å²) in [6, 6.07) is 72.4. The molecular weight excluding hydrogens is 775 g/mol. The molecule has 3 aromatic heterocycles. The van der Waals surface area contributed by atoms with Crippen LogP contribution in [0.4, 0.5) is 0 Å². The lowest BCUT2D eigenvalue weighted by molar-refractivity contribution is 0.770. The van der Waals surface area contributed by atoms with Crippen molar-refractivity contribution in [2.24, 2.45) is 0 Å². The quantitative estimate of drug-likeness (QED) is 0.164. The molecule has 3 heteroatoms. The summed E-state index contributed by atoms with van der Waals surface area (Å²) in [5.74, 6) is 0. The predicted octanol–water partition coefficient (Wildman–Crippen LogP) is 15.3. The molecule has 0 saturated heterocycles. The van der Waals surface area contributed by atoms with Gasteiger partial charge in [-0.2, -0.15) is 0 Å². The minimum absolute atomic E-state index is 0.135. The topological polar surface area (TPSA) is 14.8 Å². The molecule has 3 nitrogen and oxygen atoms in total. The molecular formula is C61H39N3. The van der Waals surface area contributed by atoms with Gasteiger partial charge >= 0.3 is 0 Å². The van der Waals surface area contributed by atoms with Gasteiger partial charge < -0.3 is 13.7 Å². The number of rotatable bonds is 5. The summed E-state index contributed by atoms with van der Waals surface area (Å²) in [4.78, 5) is 0. The summed E-state index contributed by atoms with van der Waals surface area (Å²) in [6.45, 7) is 0. The van der Waals surface area contributed by atoms with Crippen LogP contribution in [0.25, 0.3) is 93.6 Å². The van der Waals surface area contributed by atoms with Gasteiger partial charge in [0.2, 0.25) is 0 Å². The summed E-state index contributed by atoms with van der Waals surface area (Å²) in [7, 11) is 0. The SMILES string of the molecule is [2H]c1c([2H])c([2H])c(-n2c3ccccc3c3cc(-n4c5ccccc5c5cc(-n6c7ccccc7c7cc(C8(c9ccccc9)c9ccccc9-c9ccccc98)ccc76)ccc54)ccc32)c([2H])c1[2H]. The minimum Gasteiger partial charge on any atom is -0.309 e. The van der Waals surface area contributed by atoms with Gasteiger partial charge in [-0.1, -0.05) is 158 Å². The zero-order chi connectivity index (χ0) is 46.3. The minimum atomic E-state index is -0.510. The molecule has 64 heavy (non-hydrogen) atoms. The Hall–Kier alpha value is -8.40. The van der Waals surface area contributed by atoms with Crippen LogP contribution in [-0.2, 0) is 5.41 Å². The van der Waals surface area contributed by atoms with Crippen molar-refractivity contribution in [1.82, 2.24) is 13.7 Å². The van der Waals surface area contributed by atoms with Crippen molar-refractivity contribution < 1.29 is 6.85 Å². The first kappa shape index (κ1) is 30.6. The molecule has 298 valence electrons. The molecule has 0 bridgehead atoms. The van der Waals surface area contributed by atoms with Gasteiger partial charge in [0.25, 0.3) is 0 Å². The fourth-order valence-electron chi connectivity index (χ4n) is 11.3. The monoisotopic (exact) mass is 818 g/mol. The van der Waals surface area contributed by atoms with Gasteiger partial charge in [-0.25, -0.2) is 0 Å². The Labute approximate surface area is 377 Å². The Balaban J connectivity index is 0.968. The van der Waals surface area contributed by atoms with Crippen LogP contribution in [0.1, 0.15) is 29.1 Å². The average molecular weight is 819 g/mol. The second-order valence-corrected chi connectivity index (χ2v) is 16.9. The highest BCUT2D eigenvalue weighted by atomic mass is 15.0. The molecule has 1 aliphatic rings. The van der Waals surface area contributed by atoms with Crippen LogP contribution in [0.5, 0.6) is 0 Å². The van der Waals surface area contributed by atoms with Gasteiger partial charge in [0.1, 0.15) is 0 Å².